The number of benzene rings is 1. The van der Waals surface area contributed by atoms with E-state index in [9.17, 15) is 29.5 Å². The topological polar surface area (TPSA) is 158 Å². The van der Waals surface area contributed by atoms with Crippen molar-refractivity contribution >= 4 is 23.9 Å². The summed E-state index contributed by atoms with van der Waals surface area (Å²) < 4.78 is 9.67. The fourth-order valence-electron chi connectivity index (χ4n) is 3.18. The molecule has 3 N–H and O–H groups in total. The molecule has 1 aromatic carbocycles. The molecule has 1 aromatic rings. The summed E-state index contributed by atoms with van der Waals surface area (Å²) in [6.07, 6.45) is -0.949. The number of nitrogens with one attached hydrogen (secondary N) is 2. The minimum Gasteiger partial charge on any atom is -0.468 e. The molecule has 11 nitrogen and oxygen atoms in total. The first-order valence-electron chi connectivity index (χ1n) is 10.5. The van der Waals surface area contributed by atoms with E-state index < -0.39 is 61.3 Å². The van der Waals surface area contributed by atoms with Crippen LogP contribution in [-0.2, 0) is 23.9 Å². The summed E-state index contributed by atoms with van der Waals surface area (Å²) in [5.74, 6) is -2.33. The van der Waals surface area contributed by atoms with Gasteiger partial charge in [0.25, 0.3) is 0 Å². The molecule has 0 aromatic heterocycles. The van der Waals surface area contributed by atoms with Crippen LogP contribution in [0.3, 0.4) is 0 Å². The number of aryl methyl sites for hydroxylation is 2. The van der Waals surface area contributed by atoms with Gasteiger partial charge >= 0.3 is 12.1 Å². The zero-order valence-corrected chi connectivity index (χ0v) is 20.3. The Morgan fingerprint density at radius 2 is 1.74 bits per heavy atom. The molecule has 0 spiro atoms. The molecule has 11 heteroatoms. The molecular weight excluding hydrogens is 444 g/mol. The number of hydrogen-bond donors (Lipinski definition) is 3. The van der Waals surface area contributed by atoms with Gasteiger partial charge in [0, 0.05) is 0 Å². The molecule has 1 rings (SSSR count). The fourth-order valence-corrected chi connectivity index (χ4v) is 3.18. The minimum absolute atomic E-state index is 0.387. The highest BCUT2D eigenvalue weighted by atomic mass is 16.6. The molecule has 0 fully saturated rings. The minimum atomic E-state index is -1.48. The van der Waals surface area contributed by atoms with Crippen molar-refractivity contribution in [1.82, 2.24) is 15.5 Å². The SMILES string of the molecule is COC(=O)CNC(=O)C(c1cc(C)cc(C)c1)N(CC#N)C(=O)C(CO)NC(=O)OC(C)(C)C. The first-order valence-corrected chi connectivity index (χ1v) is 10.5. The Morgan fingerprint density at radius 3 is 2.21 bits per heavy atom. The maximum Gasteiger partial charge on any atom is 0.408 e. The lowest BCUT2D eigenvalue weighted by Crippen LogP contribution is -2.54. The van der Waals surface area contributed by atoms with Gasteiger partial charge in [0.1, 0.15) is 30.8 Å². The first-order chi connectivity index (χ1) is 15.8. The standard InChI is InChI=1S/C23H32N4O7/c1-14-9-15(2)11-16(10-14)19(20(30)25-12-18(29)33-6)27(8-7-24)21(31)17(13-28)26-22(32)34-23(3,4)5/h9-11,17,19,28H,8,12-13H2,1-6H3,(H,25,30)(H,26,32). The van der Waals surface area contributed by atoms with E-state index in [1.54, 1.807) is 46.8 Å². The maximum absolute atomic E-state index is 13.3. The third-order valence-electron chi connectivity index (χ3n) is 4.45. The van der Waals surface area contributed by atoms with Crippen LogP contribution >= 0.6 is 0 Å². The van der Waals surface area contributed by atoms with Gasteiger partial charge in [0.05, 0.1) is 19.8 Å². The van der Waals surface area contributed by atoms with Gasteiger partial charge < -0.3 is 30.1 Å². The van der Waals surface area contributed by atoms with Crippen molar-refractivity contribution in [3.05, 3.63) is 34.9 Å². The molecule has 0 heterocycles. The molecule has 0 aliphatic carbocycles. The summed E-state index contributed by atoms with van der Waals surface area (Å²) in [6.45, 7) is 6.71. The number of nitrogens with zero attached hydrogens (tertiary/aromatic N) is 2. The Balaban J connectivity index is 3.39. The van der Waals surface area contributed by atoms with Crippen molar-refractivity contribution in [2.75, 3.05) is 26.8 Å². The number of esters is 1. The second-order valence-electron chi connectivity index (χ2n) is 8.62. The normalized spacial score (nSPS) is 12.5. The summed E-state index contributed by atoms with van der Waals surface area (Å²) in [5, 5.41) is 23.9. The van der Waals surface area contributed by atoms with Crippen LogP contribution in [0.4, 0.5) is 4.79 Å². The van der Waals surface area contributed by atoms with Crippen LogP contribution in [0.5, 0.6) is 0 Å². The van der Waals surface area contributed by atoms with Crippen molar-refractivity contribution < 1.29 is 33.8 Å². The lowest BCUT2D eigenvalue weighted by molar-refractivity contribution is -0.144. The molecule has 2 unspecified atom stereocenters. The Bertz CT molecular complexity index is 929. The van der Waals surface area contributed by atoms with E-state index in [1.807, 2.05) is 12.1 Å². The molecule has 0 aliphatic rings. The summed E-state index contributed by atoms with van der Waals surface area (Å²) >= 11 is 0. The van der Waals surface area contributed by atoms with Gasteiger partial charge in [-0.2, -0.15) is 5.26 Å². The van der Waals surface area contributed by atoms with Crippen LogP contribution in [0.15, 0.2) is 18.2 Å². The number of aliphatic hydroxyl groups excluding tert-OH is 1. The summed E-state index contributed by atoms with van der Waals surface area (Å²) in [7, 11) is 1.16. The Labute approximate surface area is 199 Å². The monoisotopic (exact) mass is 476 g/mol. The number of alkyl carbamates (subject to hydrolysis) is 1. The van der Waals surface area contributed by atoms with Gasteiger partial charge in [-0.05, 0) is 40.2 Å². The third kappa shape index (κ3) is 8.71. The summed E-state index contributed by atoms with van der Waals surface area (Å²) in [5.41, 5.74) is 1.14. The number of amides is 3. The zero-order valence-electron chi connectivity index (χ0n) is 20.3. The number of ether oxygens (including phenoxy) is 2. The molecule has 0 aliphatic heterocycles. The van der Waals surface area contributed by atoms with Gasteiger partial charge in [-0.25, -0.2) is 4.79 Å². The van der Waals surface area contributed by atoms with E-state index in [2.05, 4.69) is 15.4 Å². The highest BCUT2D eigenvalue weighted by molar-refractivity contribution is 5.93. The molecule has 0 radical (unpaired) electrons. The van der Waals surface area contributed by atoms with E-state index in [0.717, 1.165) is 23.1 Å². The second-order valence-corrected chi connectivity index (χ2v) is 8.62. The largest absolute Gasteiger partial charge is 0.468 e. The van der Waals surface area contributed by atoms with Gasteiger partial charge in [0.2, 0.25) is 11.8 Å². The van der Waals surface area contributed by atoms with Crippen molar-refractivity contribution in [3.63, 3.8) is 0 Å². The van der Waals surface area contributed by atoms with Gasteiger partial charge in [0.15, 0.2) is 0 Å². The van der Waals surface area contributed by atoms with Gasteiger partial charge in [-0.1, -0.05) is 29.3 Å². The maximum atomic E-state index is 13.3. The molecule has 0 saturated heterocycles. The number of aliphatic hydroxyl groups is 1. The van der Waals surface area contributed by atoms with Crippen LogP contribution in [0.2, 0.25) is 0 Å². The number of hydrogen-bond acceptors (Lipinski definition) is 8. The van der Waals surface area contributed by atoms with Crippen LogP contribution < -0.4 is 10.6 Å². The van der Waals surface area contributed by atoms with Crippen LogP contribution in [0.25, 0.3) is 0 Å². The molecule has 34 heavy (non-hydrogen) atoms. The number of rotatable bonds is 9. The fraction of sp³-hybridized carbons (Fsp3) is 0.522. The Kier molecular flexibility index (Phi) is 10.5. The number of carbonyl (C=O) groups excluding carboxylic acids is 4. The van der Waals surface area contributed by atoms with E-state index in [4.69, 9.17) is 4.74 Å². The predicted octanol–water partition coefficient (Wildman–Crippen LogP) is 0.872. The smallest absolute Gasteiger partial charge is 0.408 e. The Morgan fingerprint density at radius 1 is 1.15 bits per heavy atom. The van der Waals surface area contributed by atoms with Gasteiger partial charge in [-0.3, -0.25) is 14.4 Å². The van der Waals surface area contributed by atoms with Gasteiger partial charge in [-0.15, -0.1) is 0 Å². The number of carbonyl (C=O) groups is 4. The predicted molar refractivity (Wildman–Crippen MR) is 121 cm³/mol. The van der Waals surface area contributed by atoms with Crippen molar-refractivity contribution in [2.45, 2.75) is 52.3 Å². The van der Waals surface area contributed by atoms with E-state index >= 15 is 0 Å². The average molecular weight is 477 g/mol. The lowest BCUT2D eigenvalue weighted by atomic mass is 9.98. The molecular formula is C23H32N4O7. The van der Waals surface area contributed by atoms with Crippen LogP contribution in [0, 0.1) is 25.2 Å². The Hall–Kier alpha value is -3.65. The highest BCUT2D eigenvalue weighted by Gasteiger charge is 2.36. The quantitative estimate of drug-likeness (QED) is 0.350. The third-order valence-corrected chi connectivity index (χ3v) is 4.45. The van der Waals surface area contributed by atoms with E-state index in [1.165, 1.54) is 0 Å². The molecule has 186 valence electrons. The zero-order chi connectivity index (χ0) is 26.1. The van der Waals surface area contributed by atoms with E-state index in [0.29, 0.717) is 5.56 Å². The molecule has 3 amide bonds. The van der Waals surface area contributed by atoms with E-state index in [-0.39, 0.29) is 0 Å². The number of methoxy groups -OCH3 is 1. The number of nitriles is 1. The van der Waals surface area contributed by atoms with Crippen LogP contribution in [0.1, 0.15) is 43.5 Å². The molecule has 0 bridgehead atoms. The van der Waals surface area contributed by atoms with Crippen molar-refractivity contribution in [1.29, 1.82) is 5.26 Å². The molecule has 2 atom stereocenters. The first kappa shape index (κ1) is 28.4. The second kappa shape index (κ2) is 12.6. The molecule has 0 saturated carbocycles. The summed E-state index contributed by atoms with van der Waals surface area (Å²) in [6, 6.07) is 4.23. The van der Waals surface area contributed by atoms with Crippen molar-refractivity contribution in [3.8, 4) is 6.07 Å². The lowest BCUT2D eigenvalue weighted by Gasteiger charge is -2.32. The highest BCUT2D eigenvalue weighted by Crippen LogP contribution is 2.24. The average Bonchev–Trinajstić information content (AvgIpc) is 2.73. The van der Waals surface area contributed by atoms with Crippen molar-refractivity contribution in [2.24, 2.45) is 0 Å². The summed E-state index contributed by atoms with van der Waals surface area (Å²) in [4.78, 5) is 51.1. The van der Waals surface area contributed by atoms with Crippen LogP contribution in [-0.4, -0.2) is 72.3 Å².